The van der Waals surface area contributed by atoms with Gasteiger partial charge >= 0.3 is 0 Å². The van der Waals surface area contributed by atoms with Gasteiger partial charge in [0.25, 0.3) is 5.91 Å². The van der Waals surface area contributed by atoms with Crippen LogP contribution in [0.2, 0.25) is 5.02 Å². The maximum absolute atomic E-state index is 12.9. The molecule has 27 heavy (non-hydrogen) atoms. The van der Waals surface area contributed by atoms with Gasteiger partial charge in [0.15, 0.2) is 5.69 Å². The van der Waals surface area contributed by atoms with Crippen molar-refractivity contribution in [3.8, 4) is 0 Å². The molecule has 0 atom stereocenters. The van der Waals surface area contributed by atoms with E-state index in [-0.39, 0.29) is 22.5 Å². The monoisotopic (exact) mass is 394 g/mol. The maximum atomic E-state index is 12.9. The highest BCUT2D eigenvalue weighted by molar-refractivity contribution is 6.33. The molecule has 3 rings (SSSR count). The molecule has 0 aromatic carbocycles. The lowest BCUT2D eigenvalue weighted by molar-refractivity contribution is -0.122. The van der Waals surface area contributed by atoms with Crippen LogP contribution in [0.5, 0.6) is 0 Å². The summed E-state index contributed by atoms with van der Waals surface area (Å²) in [6.07, 6.45) is 4.67. The number of halogens is 1. The Kier molecular flexibility index (Phi) is 6.84. The fourth-order valence-corrected chi connectivity index (χ4v) is 3.53. The Hall–Kier alpha value is -1.93. The van der Waals surface area contributed by atoms with Gasteiger partial charge in [-0.25, -0.2) is 9.97 Å². The number of anilines is 1. The molecule has 0 spiro atoms. The molecule has 2 aliphatic rings. The predicted molar refractivity (Wildman–Crippen MR) is 104 cm³/mol. The minimum absolute atomic E-state index is 0.0331. The number of amides is 2. The Morgan fingerprint density at radius 2 is 1.85 bits per heavy atom. The fraction of sp³-hybridized carbons (Fsp3) is 0.667. The second kappa shape index (κ2) is 9.32. The summed E-state index contributed by atoms with van der Waals surface area (Å²) in [5.74, 6) is 0.440. The second-order valence-corrected chi connectivity index (χ2v) is 7.39. The van der Waals surface area contributed by atoms with E-state index in [1.807, 2.05) is 6.92 Å². The van der Waals surface area contributed by atoms with E-state index in [4.69, 9.17) is 11.6 Å². The highest BCUT2D eigenvalue weighted by atomic mass is 35.5. The van der Waals surface area contributed by atoms with Crippen LogP contribution < -0.4 is 10.2 Å². The van der Waals surface area contributed by atoms with Gasteiger partial charge in [0.05, 0.1) is 17.8 Å². The Morgan fingerprint density at radius 3 is 2.52 bits per heavy atom. The molecule has 1 aromatic rings. The van der Waals surface area contributed by atoms with Crippen LogP contribution >= 0.6 is 11.6 Å². The average molecular weight is 395 g/mol. The van der Waals surface area contributed by atoms with Crippen LogP contribution in [0.1, 0.15) is 36.7 Å². The number of rotatable bonds is 6. The number of aromatic nitrogens is 2. The van der Waals surface area contributed by atoms with Crippen molar-refractivity contribution >= 4 is 29.4 Å². The summed E-state index contributed by atoms with van der Waals surface area (Å²) in [6.45, 7) is 7.34. The highest BCUT2D eigenvalue weighted by Crippen LogP contribution is 2.21. The van der Waals surface area contributed by atoms with Crippen molar-refractivity contribution in [1.82, 2.24) is 25.1 Å². The molecular weight excluding hydrogens is 368 g/mol. The van der Waals surface area contributed by atoms with Gasteiger partial charge in [-0.05, 0) is 19.3 Å². The van der Waals surface area contributed by atoms with Gasteiger partial charge in [0.1, 0.15) is 0 Å². The summed E-state index contributed by atoms with van der Waals surface area (Å²) in [4.78, 5) is 39.4. The molecule has 2 aliphatic heterocycles. The third-order valence-electron chi connectivity index (χ3n) is 4.92. The van der Waals surface area contributed by atoms with Crippen LogP contribution in [-0.4, -0.2) is 83.9 Å². The SMILES string of the molecule is CCCNC(=O)CN1CCN(C(=O)c2nc(N3CCCC3)ncc2Cl)CC1. The molecule has 1 N–H and O–H groups in total. The molecular formula is C18H27ClN6O2. The molecule has 0 unspecified atom stereocenters. The standard InChI is InChI=1S/C18H27ClN6O2/c1-2-5-20-15(26)13-23-8-10-24(11-9-23)17(27)16-14(19)12-21-18(22-16)25-6-3-4-7-25/h12H,2-11,13H2,1H3,(H,20,26). The lowest BCUT2D eigenvalue weighted by Crippen LogP contribution is -2.51. The largest absolute Gasteiger partial charge is 0.355 e. The molecule has 2 fully saturated rings. The molecule has 9 heteroatoms. The lowest BCUT2D eigenvalue weighted by Gasteiger charge is -2.34. The van der Waals surface area contributed by atoms with Crippen molar-refractivity contribution in [3.63, 3.8) is 0 Å². The zero-order chi connectivity index (χ0) is 19.2. The minimum Gasteiger partial charge on any atom is -0.355 e. The Morgan fingerprint density at radius 1 is 1.15 bits per heavy atom. The van der Waals surface area contributed by atoms with Crippen LogP contribution in [0, 0.1) is 0 Å². The number of hydrogen-bond acceptors (Lipinski definition) is 6. The van der Waals surface area contributed by atoms with Crippen molar-refractivity contribution < 1.29 is 9.59 Å². The van der Waals surface area contributed by atoms with Gasteiger partial charge in [-0.3, -0.25) is 14.5 Å². The van der Waals surface area contributed by atoms with Crippen molar-refractivity contribution in [2.45, 2.75) is 26.2 Å². The zero-order valence-electron chi connectivity index (χ0n) is 15.8. The van der Waals surface area contributed by atoms with Crippen LogP contribution in [0.3, 0.4) is 0 Å². The first-order chi connectivity index (χ1) is 13.1. The van der Waals surface area contributed by atoms with Gasteiger partial charge in [-0.2, -0.15) is 0 Å². The molecule has 0 aliphatic carbocycles. The quantitative estimate of drug-likeness (QED) is 0.775. The molecule has 2 saturated heterocycles. The third-order valence-corrected chi connectivity index (χ3v) is 5.20. The summed E-state index contributed by atoms with van der Waals surface area (Å²) in [5.41, 5.74) is 0.266. The van der Waals surface area contributed by atoms with Crippen molar-refractivity contribution in [3.05, 3.63) is 16.9 Å². The average Bonchev–Trinajstić information content (AvgIpc) is 3.21. The smallest absolute Gasteiger partial charge is 0.274 e. The Balaban J connectivity index is 1.57. The molecule has 1 aromatic heterocycles. The van der Waals surface area contributed by atoms with Gasteiger partial charge in [0, 0.05) is 45.8 Å². The molecule has 148 valence electrons. The highest BCUT2D eigenvalue weighted by Gasteiger charge is 2.27. The van der Waals surface area contributed by atoms with Gasteiger partial charge in [-0.15, -0.1) is 0 Å². The van der Waals surface area contributed by atoms with E-state index in [1.54, 1.807) is 4.90 Å². The van der Waals surface area contributed by atoms with E-state index in [0.717, 1.165) is 32.4 Å². The zero-order valence-corrected chi connectivity index (χ0v) is 16.5. The van der Waals surface area contributed by atoms with Crippen molar-refractivity contribution in [2.75, 3.05) is 57.3 Å². The van der Waals surface area contributed by atoms with Gasteiger partial charge in [0.2, 0.25) is 11.9 Å². The Bertz CT molecular complexity index is 672. The van der Waals surface area contributed by atoms with Crippen LogP contribution in [0.15, 0.2) is 6.20 Å². The number of nitrogens with one attached hydrogen (secondary N) is 1. The van der Waals surface area contributed by atoms with E-state index in [2.05, 4.69) is 25.1 Å². The number of nitrogens with zero attached hydrogens (tertiary/aromatic N) is 5. The normalized spacial score (nSPS) is 18.0. The van der Waals surface area contributed by atoms with Gasteiger partial charge in [-0.1, -0.05) is 18.5 Å². The molecule has 0 saturated carbocycles. The number of hydrogen-bond donors (Lipinski definition) is 1. The Labute approximate surface area is 164 Å². The van der Waals surface area contributed by atoms with Crippen LogP contribution in [-0.2, 0) is 4.79 Å². The second-order valence-electron chi connectivity index (χ2n) is 6.98. The molecule has 0 bridgehead atoms. The van der Waals surface area contributed by atoms with Gasteiger partial charge < -0.3 is 15.1 Å². The van der Waals surface area contributed by atoms with E-state index in [0.29, 0.717) is 45.2 Å². The maximum Gasteiger partial charge on any atom is 0.274 e. The van der Waals surface area contributed by atoms with Crippen molar-refractivity contribution in [2.24, 2.45) is 0 Å². The molecule has 0 radical (unpaired) electrons. The van der Waals surface area contributed by atoms with Crippen molar-refractivity contribution in [1.29, 1.82) is 0 Å². The van der Waals surface area contributed by atoms with Crippen LogP contribution in [0.4, 0.5) is 5.95 Å². The third kappa shape index (κ3) is 5.07. The first kappa shape index (κ1) is 19.8. The predicted octanol–water partition coefficient (Wildman–Crippen LogP) is 1.01. The number of piperazine rings is 1. The van der Waals surface area contributed by atoms with E-state index in [1.165, 1.54) is 6.20 Å². The summed E-state index contributed by atoms with van der Waals surface area (Å²) in [6, 6.07) is 0. The first-order valence-electron chi connectivity index (χ1n) is 9.64. The lowest BCUT2D eigenvalue weighted by atomic mass is 10.2. The fourth-order valence-electron chi connectivity index (χ4n) is 3.36. The van der Waals surface area contributed by atoms with E-state index in [9.17, 15) is 9.59 Å². The first-order valence-corrected chi connectivity index (χ1v) is 10.0. The van der Waals surface area contributed by atoms with E-state index >= 15 is 0 Å². The summed E-state index contributed by atoms with van der Waals surface area (Å²) in [7, 11) is 0. The number of carbonyl (C=O) groups is 2. The summed E-state index contributed by atoms with van der Waals surface area (Å²) < 4.78 is 0. The van der Waals surface area contributed by atoms with Crippen LogP contribution in [0.25, 0.3) is 0 Å². The summed E-state index contributed by atoms with van der Waals surface area (Å²) in [5, 5.41) is 3.16. The molecule has 3 heterocycles. The molecule has 2 amide bonds. The number of carbonyl (C=O) groups excluding carboxylic acids is 2. The minimum atomic E-state index is -0.169. The topological polar surface area (TPSA) is 81.7 Å². The van der Waals surface area contributed by atoms with E-state index < -0.39 is 0 Å². The molecule has 8 nitrogen and oxygen atoms in total. The summed E-state index contributed by atoms with van der Waals surface area (Å²) >= 11 is 6.21.